The van der Waals surface area contributed by atoms with Crippen molar-refractivity contribution < 1.29 is 166 Å². The predicted molar refractivity (Wildman–Crippen MR) is 431 cm³/mol. The Morgan fingerprint density at radius 2 is 1.24 bits per heavy atom. The summed E-state index contributed by atoms with van der Waals surface area (Å²) in [6.07, 6.45) is 2.80. The molecule has 2 aliphatic carbocycles. The van der Waals surface area contributed by atoms with E-state index in [1.54, 1.807) is 36.1 Å². The Hall–Kier alpha value is -4.71. The van der Waals surface area contributed by atoms with Gasteiger partial charge in [-0.25, -0.2) is 61.8 Å². The summed E-state index contributed by atoms with van der Waals surface area (Å²) in [6, 6.07) is 6.28. The smallest absolute Gasteiger partial charge is 0.857 e. The Balaban J connectivity index is -0.000000181. The number of carbonyl (C=O) groups is 8. The van der Waals surface area contributed by atoms with Crippen LogP contribution in [0.2, 0.25) is 0 Å². The summed E-state index contributed by atoms with van der Waals surface area (Å²) in [4.78, 5) is 121. The molecule has 7 N–H and O–H groups in total. The number of aromatic carboxylic acids is 1. The Bertz CT molecular complexity index is 3910. The fraction of sp³-hybridized carbons (Fsp3) is 0.433. The van der Waals surface area contributed by atoms with Crippen molar-refractivity contribution in [3.05, 3.63) is 144 Å². The number of aliphatic carboxylic acids is 1. The van der Waals surface area contributed by atoms with Crippen LogP contribution in [-0.4, -0.2) is 217 Å². The minimum Gasteiger partial charge on any atom is -0.857 e. The number of rotatable bonds is 17. The topological polar surface area (TPSA) is 532 Å². The zero-order chi connectivity index (χ0) is 85.9. The molecular weight excluding hydrogens is 1910 g/mol. The second kappa shape index (κ2) is 73.7. The first kappa shape index (κ1) is 124. The van der Waals surface area contributed by atoms with Crippen molar-refractivity contribution in [1.82, 2.24) is 25.1 Å². The number of carboxylic acid groups (broad SMARTS) is 2. The van der Waals surface area contributed by atoms with E-state index in [1.807, 2.05) is 0 Å². The Labute approximate surface area is 773 Å². The van der Waals surface area contributed by atoms with Crippen molar-refractivity contribution in [3.63, 3.8) is 0 Å². The zero-order valence-electron chi connectivity index (χ0n) is 61.3. The molecule has 0 saturated heterocycles. The maximum absolute atomic E-state index is 11.2. The molecule has 2 fully saturated rings. The van der Waals surface area contributed by atoms with Gasteiger partial charge in [-0.15, -0.1) is 92.7 Å². The van der Waals surface area contributed by atoms with Crippen molar-refractivity contribution in [2.75, 3.05) is 79.1 Å². The number of aliphatic hydroxyl groups excluding tert-OH is 1. The SMILES string of the molecule is CCOC(=O)c1c(C)noc1Br.CO.COC(=O)C(N)CS.COC(=O)C1CSC(C(Cl)Cl)=N1.COC(=O)c1csc(CCl)n1.C[O-].Cl.ClCCBr.N#CC(Cl)Cl.O=C(O)c1csc(C2(C(=O)O)CC2)n1.OO.[B]c1ccc([N+](=O)[O-])cc1.[C-]#N.[C-]#[N+]C1(c2nc(C(=O)OC)cs2)CC1.[C-]#[N+]Cc1nc(C(=O)OC)cs1.[Na+].[Na+]. The summed E-state index contributed by atoms with van der Waals surface area (Å²) < 4.78 is 32.1. The van der Waals surface area contributed by atoms with E-state index in [-0.39, 0.29) is 101 Å². The van der Waals surface area contributed by atoms with Crippen LogP contribution in [0.1, 0.15) is 111 Å². The summed E-state index contributed by atoms with van der Waals surface area (Å²) in [5, 5.41) is 82.6. The largest absolute Gasteiger partial charge is 1.00 e. The Morgan fingerprint density at radius 3 is 1.55 bits per heavy atom. The molecule has 6 aromatic rings. The third-order valence-corrected chi connectivity index (χ3v) is 19.5. The summed E-state index contributed by atoms with van der Waals surface area (Å²) >= 11 is 47.9. The Morgan fingerprint density at radius 1 is 0.796 bits per heavy atom. The minimum absolute atomic E-state index is 0. The fourth-order valence-electron chi connectivity index (χ4n) is 6.00. The number of halogens is 9. The molecule has 2 atom stereocenters. The first-order chi connectivity index (χ1) is 52.2. The molecule has 1 aliphatic heterocycles. The number of hydrogen-bond acceptors (Lipinski definition) is 36. The number of alkyl halides is 7. The number of nitrogens with zero attached hydrogens (tertiary/aromatic N) is 11. The number of aromatic nitrogens is 5. The van der Waals surface area contributed by atoms with Crippen LogP contribution in [0.5, 0.6) is 0 Å². The van der Waals surface area contributed by atoms with Gasteiger partial charge in [0.05, 0.1) is 64.7 Å². The molecule has 3 aliphatic rings. The molecule has 2 radical (unpaired) electrons. The van der Waals surface area contributed by atoms with Crippen LogP contribution >= 0.6 is 184 Å². The van der Waals surface area contributed by atoms with Gasteiger partial charge >= 0.3 is 107 Å². The first-order valence-corrected chi connectivity index (χ1v) is 38.8. The number of ether oxygens (including phenoxy) is 6. The van der Waals surface area contributed by atoms with Crippen molar-refractivity contribution in [3.8, 4) is 6.07 Å². The number of thiazole rings is 4. The number of aliphatic imine (C=N–C) groups is 1. The molecule has 113 heavy (non-hydrogen) atoms. The molecule has 0 amide bonds. The number of thiol groups is 1. The van der Waals surface area contributed by atoms with Gasteiger partial charge < -0.3 is 80.6 Å². The summed E-state index contributed by atoms with van der Waals surface area (Å²) in [5.74, 6) is -2.58. The van der Waals surface area contributed by atoms with E-state index in [2.05, 4.69) is 108 Å². The Kier molecular flexibility index (Phi) is 80.8. The number of nitro groups is 1. The van der Waals surface area contributed by atoms with Crippen LogP contribution in [0.15, 0.2) is 60.0 Å². The molecule has 5 aromatic heterocycles. The van der Waals surface area contributed by atoms with Gasteiger partial charge in [-0.2, -0.15) is 25.0 Å². The summed E-state index contributed by atoms with van der Waals surface area (Å²) in [6.45, 7) is 22.4. The molecule has 0 bridgehead atoms. The number of nitriles is 1. The van der Waals surface area contributed by atoms with Gasteiger partial charge in [0.2, 0.25) is 4.67 Å². The molecular formula is C60H70BBr2Cl7N12Na2O23S6. The number of aliphatic hydroxyl groups is 1. The second-order valence-corrected chi connectivity index (χ2v) is 27.7. The predicted octanol–water partition coefficient (Wildman–Crippen LogP) is 5.08. The molecule has 35 nitrogen and oxygen atoms in total. The number of non-ortho nitro benzene ring substituents is 1. The van der Waals surface area contributed by atoms with E-state index in [1.165, 1.54) is 111 Å². The number of thioether (sulfide) groups is 1. The van der Waals surface area contributed by atoms with Gasteiger partial charge in [0.25, 0.3) is 17.8 Å². The summed E-state index contributed by atoms with van der Waals surface area (Å²) in [5.41, 5.74) is 6.19. The number of methoxy groups -OCH3 is 5. The van der Waals surface area contributed by atoms with Crippen molar-refractivity contribution >= 4 is 255 Å². The van der Waals surface area contributed by atoms with Crippen LogP contribution in [0.25, 0.3) is 9.69 Å². The van der Waals surface area contributed by atoms with E-state index in [0.29, 0.717) is 90.6 Å². The second-order valence-electron chi connectivity index (χ2n) is 18.3. The maximum atomic E-state index is 11.2. The van der Waals surface area contributed by atoms with E-state index in [9.17, 15) is 48.5 Å². The standard InChI is InChI=1S/C9H8N2O2S.C8H7NO4S.C7H8BrNO3.C7H6N2O2S.C6H4BNO2.C6H7Cl2NO2S.C6H6ClNO2S.C4H9NO2S.C2H4BrCl.C2HCl2N.CN.CH4O.CH3O.ClH.2Na.H2O2/c1-10-9(3-4-9)8-11-6(5-14-8)7(12)13-2;10-5(11)4-3-14-6(9-4)8(1-2-8)7(12)13;1-3-11-7(10)5-4(2)9-12-6(5)8;1-8-3-6-9-5(4-12-6)7(10)11-2;7-5-1-3-6(4-2-5)8(9)10;1-11-6(10)3-2-12-5(9-3)4(7)8;1-10-6(9)4-3-11-5(2-7)8-4;1-7-4(6)3(5)2-8;3-1-2-4;3-2(4)1-5;3*1-2;;;;1-2/h5H,3-4H2,2H3;3H,1-2H2,(H,10,11)(H,12,13);3H2,1-2H3;4H,3H2,2H3;1-4H;3-4H,2H2,1H3;3H,2H2,1H3;3,8H,2,5H2,1H3;1-2H2;2H;;2H,1H3;1H3;1H;;;1-2H/q;;;;;;;;;;-1;;-1;;2*+1;. The molecule has 2 saturated carbocycles. The van der Waals surface area contributed by atoms with E-state index < -0.39 is 79.4 Å². The minimum atomic E-state index is -1.12. The van der Waals surface area contributed by atoms with Crippen LogP contribution < -0.4 is 75.4 Å². The van der Waals surface area contributed by atoms with Gasteiger partial charge in [0.15, 0.2) is 48.5 Å². The van der Waals surface area contributed by atoms with E-state index >= 15 is 0 Å². The third kappa shape index (κ3) is 50.6. The number of nitrogens with two attached hydrogens (primary N) is 1. The van der Waals surface area contributed by atoms with Gasteiger partial charge in [0, 0.05) is 76.3 Å². The number of carbonyl (C=O) groups excluding carboxylic acids is 6. The van der Waals surface area contributed by atoms with Crippen molar-refractivity contribution in [1.29, 1.82) is 10.5 Å². The first-order valence-electron chi connectivity index (χ1n) is 28.9. The van der Waals surface area contributed by atoms with Gasteiger partial charge in [-0.1, -0.05) is 85.1 Å². The molecule has 612 valence electrons. The number of carboxylic acids is 2. The molecule has 9 rings (SSSR count). The van der Waals surface area contributed by atoms with Gasteiger partial charge in [-0.05, 0) is 42.6 Å². The molecule has 53 heteroatoms. The number of aryl methyl sites for hydroxylation is 1. The van der Waals surface area contributed by atoms with Crippen LogP contribution in [0.4, 0.5) is 5.69 Å². The van der Waals surface area contributed by atoms with Crippen LogP contribution in [0.3, 0.4) is 0 Å². The number of esters is 6. The quantitative estimate of drug-likeness (QED) is 0.00720. The van der Waals surface area contributed by atoms with Gasteiger partial charge in [-0.3, -0.25) is 35.2 Å². The number of hydrogen-bond donors (Lipinski definition) is 7. The van der Waals surface area contributed by atoms with Crippen molar-refractivity contribution in [2.45, 2.75) is 84.7 Å². The monoisotopic (exact) mass is 1980 g/mol. The molecule has 0 spiro atoms. The fourth-order valence-corrected chi connectivity index (χ4v) is 11.6. The zero-order valence-corrected chi connectivity index (χ0v) is 78.8. The van der Waals surface area contributed by atoms with E-state index in [4.69, 9.17) is 154 Å². The maximum Gasteiger partial charge on any atom is 1.00 e. The number of benzene rings is 1. The van der Waals surface area contributed by atoms with Crippen LogP contribution in [-0.2, 0) is 66.2 Å². The molecule has 1 aromatic carbocycles. The average molecular weight is 1980 g/mol. The molecule has 2 unspecified atom stereocenters. The van der Waals surface area contributed by atoms with Crippen LogP contribution in [0, 0.1) is 53.3 Å². The van der Waals surface area contributed by atoms with Crippen molar-refractivity contribution in [2.24, 2.45) is 10.7 Å². The number of nitro benzene ring substituents is 1. The van der Waals surface area contributed by atoms with Gasteiger partial charge in [0.1, 0.15) is 39.9 Å². The average Bonchev–Trinajstić information content (AvgIpc) is 1.63. The normalized spacial score (nSPS) is 12.2. The molecule has 6 heterocycles. The van der Waals surface area contributed by atoms with E-state index in [0.717, 1.165) is 53.7 Å². The summed E-state index contributed by atoms with van der Waals surface area (Å²) in [7, 11) is 13.6. The third-order valence-electron chi connectivity index (χ3n) is 11.4.